The van der Waals surface area contributed by atoms with Crippen molar-refractivity contribution in [3.05, 3.63) is 18.3 Å². The van der Waals surface area contributed by atoms with Crippen LogP contribution in [0, 0.1) is 5.92 Å². The monoisotopic (exact) mass is 248 g/mol. The van der Waals surface area contributed by atoms with E-state index in [9.17, 15) is 0 Å². The Morgan fingerprint density at radius 2 is 2.24 bits per heavy atom. The number of anilines is 1. The molecule has 0 saturated carbocycles. The van der Waals surface area contributed by atoms with Crippen molar-refractivity contribution in [3.63, 3.8) is 0 Å². The fraction of sp³-hybridized carbons (Fsp3) is 0.500. The summed E-state index contributed by atoms with van der Waals surface area (Å²) in [5.74, 6) is 3.85. The number of hydrogen-bond donors (Lipinski definition) is 1. The largest absolute Gasteiger partial charge is 0.369 e. The Kier molecular flexibility index (Phi) is 2.93. The van der Waals surface area contributed by atoms with Crippen LogP contribution in [0.3, 0.4) is 0 Å². The van der Waals surface area contributed by atoms with Crippen molar-refractivity contribution < 1.29 is 0 Å². The van der Waals surface area contributed by atoms with E-state index in [1.807, 2.05) is 23.9 Å². The maximum Gasteiger partial charge on any atom is 0.202 e. The van der Waals surface area contributed by atoms with Crippen LogP contribution >= 0.6 is 11.8 Å². The van der Waals surface area contributed by atoms with E-state index in [1.165, 1.54) is 24.3 Å². The summed E-state index contributed by atoms with van der Waals surface area (Å²) in [5.41, 5.74) is 7.80. The highest BCUT2D eigenvalue weighted by molar-refractivity contribution is 7.99. The first kappa shape index (κ1) is 10.9. The van der Waals surface area contributed by atoms with Crippen LogP contribution in [0.4, 0.5) is 5.95 Å². The van der Waals surface area contributed by atoms with E-state index in [0.717, 1.165) is 23.6 Å². The van der Waals surface area contributed by atoms with Crippen molar-refractivity contribution in [3.8, 4) is 0 Å². The Balaban J connectivity index is 1.90. The van der Waals surface area contributed by atoms with Crippen molar-refractivity contribution in [2.75, 3.05) is 17.2 Å². The molecule has 0 radical (unpaired) electrons. The normalized spacial score (nSPS) is 17.6. The van der Waals surface area contributed by atoms with Crippen molar-refractivity contribution >= 4 is 28.9 Å². The van der Waals surface area contributed by atoms with Crippen LogP contribution < -0.4 is 5.73 Å². The number of aromatic nitrogens is 3. The van der Waals surface area contributed by atoms with Gasteiger partial charge in [-0.15, -0.1) is 0 Å². The summed E-state index contributed by atoms with van der Waals surface area (Å²) in [4.78, 5) is 8.73. The van der Waals surface area contributed by atoms with Crippen LogP contribution in [0.2, 0.25) is 0 Å². The van der Waals surface area contributed by atoms with Gasteiger partial charge in [0, 0.05) is 12.7 Å². The molecular weight excluding hydrogens is 232 g/mol. The third kappa shape index (κ3) is 2.11. The lowest BCUT2D eigenvalue weighted by Crippen LogP contribution is -2.17. The highest BCUT2D eigenvalue weighted by Crippen LogP contribution is 2.26. The van der Waals surface area contributed by atoms with E-state index in [2.05, 4.69) is 14.5 Å². The zero-order chi connectivity index (χ0) is 11.7. The number of nitrogens with zero attached hydrogens (tertiary/aromatic N) is 3. The Hall–Kier alpha value is -1.23. The van der Waals surface area contributed by atoms with Gasteiger partial charge in [0.25, 0.3) is 0 Å². The van der Waals surface area contributed by atoms with E-state index in [-0.39, 0.29) is 0 Å². The second-order valence-electron chi connectivity index (χ2n) is 4.48. The predicted molar refractivity (Wildman–Crippen MR) is 72.0 cm³/mol. The van der Waals surface area contributed by atoms with Crippen molar-refractivity contribution in [2.24, 2.45) is 5.92 Å². The molecule has 2 aromatic rings. The van der Waals surface area contributed by atoms with Gasteiger partial charge < -0.3 is 5.73 Å². The summed E-state index contributed by atoms with van der Waals surface area (Å²) in [6, 6.07) is 3.86. The SMILES string of the molecule is Nc1nc2cccnc2n1CC1CCSCC1. The molecule has 1 aliphatic heterocycles. The number of hydrogen-bond acceptors (Lipinski definition) is 4. The number of pyridine rings is 1. The first-order valence-corrected chi connectivity index (χ1v) is 7.14. The number of nitrogen functional groups attached to an aromatic ring is 1. The molecule has 0 amide bonds. The van der Waals surface area contributed by atoms with Gasteiger partial charge in [0.15, 0.2) is 5.65 Å². The first-order valence-electron chi connectivity index (χ1n) is 5.99. The minimum atomic E-state index is 0.594. The van der Waals surface area contributed by atoms with Gasteiger partial charge in [-0.3, -0.25) is 4.57 Å². The molecule has 1 saturated heterocycles. The van der Waals surface area contributed by atoms with Gasteiger partial charge in [-0.05, 0) is 42.4 Å². The van der Waals surface area contributed by atoms with Crippen LogP contribution in [0.5, 0.6) is 0 Å². The molecule has 3 heterocycles. The maximum absolute atomic E-state index is 5.98. The summed E-state index contributed by atoms with van der Waals surface area (Å²) in [6.45, 7) is 0.958. The van der Waals surface area contributed by atoms with E-state index in [0.29, 0.717) is 5.95 Å². The molecule has 0 unspecified atom stereocenters. The Labute approximate surface area is 105 Å². The molecule has 0 aliphatic carbocycles. The number of rotatable bonds is 2. The number of thioether (sulfide) groups is 1. The van der Waals surface area contributed by atoms with E-state index >= 15 is 0 Å². The van der Waals surface area contributed by atoms with Gasteiger partial charge in [-0.1, -0.05) is 0 Å². The van der Waals surface area contributed by atoms with Crippen LogP contribution in [-0.2, 0) is 6.54 Å². The van der Waals surface area contributed by atoms with Crippen LogP contribution in [0.25, 0.3) is 11.2 Å². The Morgan fingerprint density at radius 3 is 3.06 bits per heavy atom. The molecule has 0 aromatic carbocycles. The average Bonchev–Trinajstić information content (AvgIpc) is 2.68. The van der Waals surface area contributed by atoms with Gasteiger partial charge in [0.2, 0.25) is 5.95 Å². The molecule has 17 heavy (non-hydrogen) atoms. The lowest BCUT2D eigenvalue weighted by molar-refractivity contribution is 0.424. The zero-order valence-electron chi connectivity index (χ0n) is 9.67. The summed E-state index contributed by atoms with van der Waals surface area (Å²) in [7, 11) is 0. The van der Waals surface area contributed by atoms with Crippen molar-refractivity contribution in [2.45, 2.75) is 19.4 Å². The summed E-state index contributed by atoms with van der Waals surface area (Å²) in [6.07, 6.45) is 4.35. The molecule has 2 aromatic heterocycles. The molecule has 90 valence electrons. The second kappa shape index (κ2) is 4.56. The lowest BCUT2D eigenvalue weighted by atomic mass is 10.0. The minimum absolute atomic E-state index is 0.594. The molecule has 1 fully saturated rings. The standard InChI is InChI=1S/C12H16N4S/c13-12-15-10-2-1-5-14-11(10)16(12)8-9-3-6-17-7-4-9/h1-2,5,9H,3-4,6-8H2,(H2,13,15). The molecule has 3 rings (SSSR count). The fourth-order valence-electron chi connectivity index (χ4n) is 2.34. The number of imidazole rings is 1. The molecule has 4 nitrogen and oxygen atoms in total. The molecule has 0 spiro atoms. The Bertz CT molecular complexity index is 516. The third-order valence-electron chi connectivity index (χ3n) is 3.31. The second-order valence-corrected chi connectivity index (χ2v) is 5.71. The lowest BCUT2D eigenvalue weighted by Gasteiger charge is -2.22. The first-order chi connectivity index (χ1) is 8.34. The molecular formula is C12H16N4S. The smallest absolute Gasteiger partial charge is 0.202 e. The number of fused-ring (bicyclic) bond motifs is 1. The Morgan fingerprint density at radius 1 is 1.41 bits per heavy atom. The topological polar surface area (TPSA) is 56.7 Å². The van der Waals surface area contributed by atoms with Gasteiger partial charge in [0.1, 0.15) is 5.52 Å². The highest BCUT2D eigenvalue weighted by atomic mass is 32.2. The van der Waals surface area contributed by atoms with Crippen molar-refractivity contribution in [1.29, 1.82) is 0 Å². The maximum atomic E-state index is 5.98. The quantitative estimate of drug-likeness (QED) is 0.884. The van der Waals surface area contributed by atoms with E-state index < -0.39 is 0 Å². The fourth-order valence-corrected chi connectivity index (χ4v) is 3.55. The van der Waals surface area contributed by atoms with Gasteiger partial charge in [-0.2, -0.15) is 11.8 Å². The molecule has 5 heteroatoms. The zero-order valence-corrected chi connectivity index (χ0v) is 10.5. The highest BCUT2D eigenvalue weighted by Gasteiger charge is 2.17. The molecule has 1 aliphatic rings. The van der Waals surface area contributed by atoms with Gasteiger partial charge in [0.05, 0.1) is 0 Å². The van der Waals surface area contributed by atoms with Crippen LogP contribution in [-0.4, -0.2) is 26.0 Å². The number of nitrogens with two attached hydrogens (primary N) is 1. The van der Waals surface area contributed by atoms with Crippen molar-refractivity contribution in [1.82, 2.24) is 14.5 Å². The van der Waals surface area contributed by atoms with Gasteiger partial charge >= 0.3 is 0 Å². The summed E-state index contributed by atoms with van der Waals surface area (Å²) in [5, 5.41) is 0. The summed E-state index contributed by atoms with van der Waals surface area (Å²) < 4.78 is 2.07. The molecule has 0 bridgehead atoms. The average molecular weight is 248 g/mol. The predicted octanol–water partition coefficient (Wildman–Crippen LogP) is 2.16. The van der Waals surface area contributed by atoms with Gasteiger partial charge in [-0.25, -0.2) is 9.97 Å². The van der Waals surface area contributed by atoms with Crippen LogP contribution in [0.1, 0.15) is 12.8 Å². The molecule has 0 atom stereocenters. The molecule has 2 N–H and O–H groups in total. The third-order valence-corrected chi connectivity index (χ3v) is 4.36. The minimum Gasteiger partial charge on any atom is -0.369 e. The van der Waals surface area contributed by atoms with E-state index in [4.69, 9.17) is 5.73 Å². The van der Waals surface area contributed by atoms with E-state index in [1.54, 1.807) is 6.20 Å². The van der Waals surface area contributed by atoms with Crippen LogP contribution in [0.15, 0.2) is 18.3 Å². The summed E-state index contributed by atoms with van der Waals surface area (Å²) >= 11 is 2.05.